The largest absolute Gasteiger partial charge is 0.495 e. The Morgan fingerprint density at radius 3 is 2.21 bits per heavy atom. The number of methoxy groups -OCH3 is 1. The molecule has 6 atom stereocenters. The van der Waals surface area contributed by atoms with Crippen LogP contribution in [0, 0.1) is 35.5 Å². The maximum Gasteiger partial charge on any atom is 0.259 e. The Hall–Kier alpha value is -3.12. The first-order chi connectivity index (χ1) is 16.0. The number of ether oxygens (including phenoxy) is 1. The van der Waals surface area contributed by atoms with Gasteiger partial charge in [0.15, 0.2) is 0 Å². The number of likely N-dealkylation sites (tertiary alicyclic amines) is 1. The first kappa shape index (κ1) is 20.5. The molecule has 0 radical (unpaired) electrons. The summed E-state index contributed by atoms with van der Waals surface area (Å²) in [5.74, 6) is 0.531. The Morgan fingerprint density at radius 1 is 1.00 bits per heavy atom. The molecular weight excluding hydrogens is 440 g/mol. The molecule has 33 heavy (non-hydrogen) atoms. The molecule has 0 N–H and O–H groups in total. The Labute approximate surface area is 196 Å². The highest BCUT2D eigenvalue weighted by Crippen LogP contribution is 2.65. The van der Waals surface area contributed by atoms with Crippen LogP contribution in [0.25, 0.3) is 0 Å². The van der Waals surface area contributed by atoms with Crippen LogP contribution in [-0.2, 0) is 9.59 Å². The van der Waals surface area contributed by atoms with Crippen molar-refractivity contribution >= 4 is 35.0 Å². The topological polar surface area (TPSA) is 66.9 Å². The zero-order chi connectivity index (χ0) is 22.9. The molecule has 168 valence electrons. The van der Waals surface area contributed by atoms with Crippen molar-refractivity contribution in [3.63, 3.8) is 0 Å². The van der Waals surface area contributed by atoms with E-state index in [9.17, 15) is 14.4 Å². The number of rotatable bonds is 5. The lowest BCUT2D eigenvalue weighted by molar-refractivity contribution is -0.140. The zero-order valence-corrected chi connectivity index (χ0v) is 18.8. The van der Waals surface area contributed by atoms with Crippen LogP contribution >= 0.6 is 11.6 Å². The van der Waals surface area contributed by atoms with E-state index < -0.39 is 0 Å². The van der Waals surface area contributed by atoms with Crippen molar-refractivity contribution in [1.29, 1.82) is 0 Å². The molecule has 3 amide bonds. The van der Waals surface area contributed by atoms with E-state index in [2.05, 4.69) is 12.2 Å². The van der Waals surface area contributed by atoms with Crippen LogP contribution in [0.3, 0.4) is 0 Å². The monoisotopic (exact) mass is 462 g/mol. The summed E-state index contributed by atoms with van der Waals surface area (Å²) < 4.78 is 5.49. The number of carbonyl (C=O) groups excluding carboxylic acids is 3. The molecule has 0 unspecified atom stereocenters. The molecule has 0 aromatic heterocycles. The summed E-state index contributed by atoms with van der Waals surface area (Å²) in [7, 11) is 1.53. The van der Waals surface area contributed by atoms with Crippen LogP contribution in [0.1, 0.15) is 16.8 Å². The number of imide groups is 1. The second kappa shape index (κ2) is 7.45. The van der Waals surface area contributed by atoms with Crippen molar-refractivity contribution in [3.8, 4) is 5.75 Å². The van der Waals surface area contributed by atoms with Crippen molar-refractivity contribution < 1.29 is 19.1 Å². The second-order valence-electron chi connectivity index (χ2n) is 9.31. The van der Waals surface area contributed by atoms with Gasteiger partial charge in [-0.3, -0.25) is 24.2 Å². The minimum absolute atomic E-state index is 0.137. The van der Waals surface area contributed by atoms with Gasteiger partial charge in [-0.05, 0) is 66.5 Å². The van der Waals surface area contributed by atoms with Crippen LogP contribution < -0.4 is 9.64 Å². The van der Waals surface area contributed by atoms with E-state index in [-0.39, 0.29) is 48.1 Å². The van der Waals surface area contributed by atoms with Gasteiger partial charge in [-0.1, -0.05) is 35.9 Å². The molecule has 2 saturated carbocycles. The normalized spacial score (nSPS) is 30.8. The summed E-state index contributed by atoms with van der Waals surface area (Å²) in [4.78, 5) is 43.4. The van der Waals surface area contributed by atoms with Crippen molar-refractivity contribution in [2.75, 3.05) is 18.7 Å². The number of halogens is 1. The van der Waals surface area contributed by atoms with Gasteiger partial charge in [-0.2, -0.15) is 0 Å². The maximum absolute atomic E-state index is 13.6. The summed E-state index contributed by atoms with van der Waals surface area (Å²) in [6.07, 6.45) is 5.40. The lowest BCUT2D eigenvalue weighted by atomic mass is 9.63. The van der Waals surface area contributed by atoms with Crippen molar-refractivity contribution in [1.82, 2.24) is 4.90 Å². The van der Waals surface area contributed by atoms with Crippen molar-refractivity contribution in [2.45, 2.75) is 6.42 Å². The minimum Gasteiger partial charge on any atom is -0.495 e. The number of benzene rings is 2. The van der Waals surface area contributed by atoms with E-state index in [1.165, 1.54) is 16.9 Å². The highest BCUT2D eigenvalue weighted by Gasteiger charge is 2.67. The number of nitrogens with zero attached hydrogens (tertiary/aromatic N) is 2. The molecule has 1 aliphatic heterocycles. The molecule has 2 bridgehead atoms. The number of amides is 3. The van der Waals surface area contributed by atoms with E-state index in [1.54, 1.807) is 42.5 Å². The van der Waals surface area contributed by atoms with E-state index in [0.717, 1.165) is 6.42 Å². The van der Waals surface area contributed by atoms with Gasteiger partial charge in [0, 0.05) is 10.6 Å². The summed E-state index contributed by atoms with van der Waals surface area (Å²) in [5.41, 5.74) is 0.907. The van der Waals surface area contributed by atoms with Crippen LogP contribution in [-0.4, -0.2) is 36.4 Å². The molecular formula is C26H23ClN2O4. The van der Waals surface area contributed by atoms with E-state index in [0.29, 0.717) is 33.9 Å². The van der Waals surface area contributed by atoms with Gasteiger partial charge in [0.05, 0.1) is 24.6 Å². The third kappa shape index (κ3) is 3.04. The predicted octanol–water partition coefficient (Wildman–Crippen LogP) is 4.01. The minimum atomic E-state index is -0.337. The van der Waals surface area contributed by atoms with E-state index in [1.807, 2.05) is 6.07 Å². The van der Waals surface area contributed by atoms with Crippen molar-refractivity contribution in [2.24, 2.45) is 35.5 Å². The van der Waals surface area contributed by atoms with E-state index in [4.69, 9.17) is 16.3 Å². The lowest BCUT2D eigenvalue weighted by Crippen LogP contribution is -2.45. The van der Waals surface area contributed by atoms with Gasteiger partial charge in [0.25, 0.3) is 5.91 Å². The molecule has 0 spiro atoms. The molecule has 3 fully saturated rings. The molecule has 1 heterocycles. The molecule has 2 aromatic carbocycles. The SMILES string of the molecule is COc1ccccc1N(CN1C(=O)[C@H]2[C@@H]3C=C[C@@H]([C@H]4C[C@H]34)[C@@H]2C1=O)C(=O)c1ccc(Cl)cc1. The number of anilines is 1. The summed E-state index contributed by atoms with van der Waals surface area (Å²) in [6.45, 7) is -0.152. The number of hydrogen-bond donors (Lipinski definition) is 0. The number of allylic oxidation sites excluding steroid dienone is 2. The number of para-hydroxylation sites is 2. The van der Waals surface area contributed by atoms with Gasteiger partial charge in [-0.25, -0.2) is 0 Å². The summed E-state index contributed by atoms with van der Waals surface area (Å²) in [5, 5.41) is 0.519. The Balaban J connectivity index is 1.36. The highest BCUT2D eigenvalue weighted by molar-refractivity contribution is 6.30. The van der Waals surface area contributed by atoms with Gasteiger partial charge < -0.3 is 4.74 Å². The summed E-state index contributed by atoms with van der Waals surface area (Å²) in [6, 6.07) is 13.7. The quantitative estimate of drug-likeness (QED) is 0.497. The molecule has 2 aromatic rings. The van der Waals surface area contributed by atoms with Crippen LogP contribution in [0.4, 0.5) is 5.69 Å². The average Bonchev–Trinajstić information content (AvgIpc) is 3.62. The van der Waals surface area contributed by atoms with Crippen LogP contribution in [0.15, 0.2) is 60.7 Å². The fourth-order valence-corrected chi connectivity index (χ4v) is 6.28. The first-order valence-corrected chi connectivity index (χ1v) is 11.6. The Bertz CT molecular complexity index is 1160. The third-order valence-corrected chi connectivity index (χ3v) is 8.00. The molecule has 7 rings (SSSR count). The Morgan fingerprint density at radius 2 is 1.61 bits per heavy atom. The number of hydrogen-bond acceptors (Lipinski definition) is 4. The maximum atomic E-state index is 13.6. The second-order valence-corrected chi connectivity index (χ2v) is 9.75. The van der Waals surface area contributed by atoms with Gasteiger partial charge in [0.1, 0.15) is 12.4 Å². The lowest BCUT2D eigenvalue weighted by Gasteiger charge is -2.37. The highest BCUT2D eigenvalue weighted by atomic mass is 35.5. The standard InChI is InChI=1S/C26H23ClN2O4/c1-33-21-5-3-2-4-20(21)28(24(30)14-6-8-15(27)9-7-14)13-29-25(31)22-16-10-11-17(19-12-18(16)19)23(22)26(29)32/h2-11,16-19,22-23H,12-13H2,1H3/t16-,17+,18-,19-,22+,23+/m1/s1. The smallest absolute Gasteiger partial charge is 0.259 e. The summed E-state index contributed by atoms with van der Waals surface area (Å²) >= 11 is 6.01. The van der Waals surface area contributed by atoms with E-state index >= 15 is 0 Å². The fraction of sp³-hybridized carbons (Fsp3) is 0.346. The van der Waals surface area contributed by atoms with Crippen molar-refractivity contribution in [3.05, 3.63) is 71.3 Å². The third-order valence-electron chi connectivity index (χ3n) is 7.75. The molecule has 4 aliphatic carbocycles. The molecule has 5 aliphatic rings. The number of carbonyl (C=O) groups is 3. The fourth-order valence-electron chi connectivity index (χ4n) is 6.15. The molecule has 7 heteroatoms. The molecule has 6 nitrogen and oxygen atoms in total. The van der Waals surface area contributed by atoms with Gasteiger partial charge in [0.2, 0.25) is 11.8 Å². The van der Waals surface area contributed by atoms with Crippen LogP contribution in [0.5, 0.6) is 5.75 Å². The van der Waals surface area contributed by atoms with Gasteiger partial charge >= 0.3 is 0 Å². The van der Waals surface area contributed by atoms with Gasteiger partial charge in [-0.15, -0.1) is 0 Å². The first-order valence-electron chi connectivity index (χ1n) is 11.2. The predicted molar refractivity (Wildman–Crippen MR) is 123 cm³/mol. The van der Waals surface area contributed by atoms with Crippen LogP contribution in [0.2, 0.25) is 5.02 Å². The Kier molecular flexibility index (Phi) is 4.63. The molecule has 1 saturated heterocycles. The zero-order valence-electron chi connectivity index (χ0n) is 18.1. The average molecular weight is 463 g/mol.